The highest BCUT2D eigenvalue weighted by Crippen LogP contribution is 2.60. The van der Waals surface area contributed by atoms with E-state index in [9.17, 15) is 62.6 Å². The van der Waals surface area contributed by atoms with Gasteiger partial charge in [-0.15, -0.1) is 0 Å². The molecule has 4 rings (SSSR count). The lowest BCUT2D eigenvalue weighted by Crippen LogP contribution is -2.67. The molecular formula is C32H40F12O5. The normalized spacial score (nSPS) is 32.0. The van der Waals surface area contributed by atoms with E-state index in [1.54, 1.807) is 0 Å². The van der Waals surface area contributed by atoms with Crippen LogP contribution in [-0.4, -0.2) is 65.8 Å². The summed E-state index contributed by atoms with van der Waals surface area (Å²) >= 11 is 0. The maximum Gasteiger partial charge on any atom is 0.426 e. The van der Waals surface area contributed by atoms with Crippen LogP contribution >= 0.6 is 0 Å². The van der Waals surface area contributed by atoms with Crippen molar-refractivity contribution in [3.8, 4) is 0 Å². The predicted octanol–water partition coefficient (Wildman–Crippen LogP) is 9.15. The number of alkyl halides is 12. The van der Waals surface area contributed by atoms with Gasteiger partial charge >= 0.3 is 30.7 Å². The molecule has 49 heavy (non-hydrogen) atoms. The van der Waals surface area contributed by atoms with Crippen LogP contribution < -0.4 is 0 Å². The Kier molecular flexibility index (Phi) is 11.4. The summed E-state index contributed by atoms with van der Waals surface area (Å²) in [5, 5.41) is 10.1. The molecule has 0 bridgehead atoms. The van der Waals surface area contributed by atoms with Crippen molar-refractivity contribution in [2.24, 2.45) is 35.5 Å². The molecule has 4 aliphatic rings. The minimum absolute atomic E-state index is 0.0138. The molecule has 0 aromatic rings. The number of aliphatic hydroxyl groups is 1. The number of hydrogen-bond donors (Lipinski definition) is 1. The van der Waals surface area contributed by atoms with Crippen LogP contribution in [0.2, 0.25) is 0 Å². The van der Waals surface area contributed by atoms with Crippen molar-refractivity contribution in [1.82, 2.24) is 0 Å². The Balaban J connectivity index is 1.54. The summed E-state index contributed by atoms with van der Waals surface area (Å²) in [6.45, 7) is 5.14. The van der Waals surface area contributed by atoms with Gasteiger partial charge in [-0.1, -0.05) is 32.4 Å². The van der Waals surface area contributed by atoms with Crippen molar-refractivity contribution in [3.63, 3.8) is 0 Å². The van der Waals surface area contributed by atoms with Gasteiger partial charge in [-0.05, 0) is 81.5 Å². The molecule has 0 aromatic carbocycles. The van der Waals surface area contributed by atoms with Crippen LogP contribution in [0.3, 0.4) is 0 Å². The summed E-state index contributed by atoms with van der Waals surface area (Å²) in [5.74, 6) is -10.1. The number of carbonyl (C=O) groups excluding carboxylic acids is 1. The van der Waals surface area contributed by atoms with Crippen molar-refractivity contribution < 1.29 is 76.8 Å². The maximum absolute atomic E-state index is 14.8. The van der Waals surface area contributed by atoms with E-state index in [4.69, 9.17) is 14.2 Å². The Hall–Kier alpha value is -2.17. The van der Waals surface area contributed by atoms with Gasteiger partial charge in [0.2, 0.25) is 0 Å². The van der Waals surface area contributed by atoms with Crippen molar-refractivity contribution in [2.45, 2.75) is 125 Å². The molecule has 0 aliphatic heterocycles. The summed E-state index contributed by atoms with van der Waals surface area (Å²) in [4.78, 5) is 13.0. The third kappa shape index (κ3) is 7.17. The Morgan fingerprint density at radius 3 is 1.67 bits per heavy atom. The second kappa shape index (κ2) is 14.1. The highest BCUT2D eigenvalue weighted by molar-refractivity contribution is 5.88. The number of rotatable bonds is 9. The number of hydrogen-bond acceptors (Lipinski definition) is 5. The second-order valence-corrected chi connectivity index (χ2v) is 13.8. The molecule has 0 radical (unpaired) electrons. The molecule has 4 aliphatic carbocycles. The number of halogens is 12. The molecule has 0 amide bonds. The molecule has 8 unspecified atom stereocenters. The summed E-state index contributed by atoms with van der Waals surface area (Å²) < 4.78 is 186. The zero-order chi connectivity index (χ0) is 36.8. The van der Waals surface area contributed by atoms with Gasteiger partial charge in [-0.3, -0.25) is 0 Å². The molecule has 5 nitrogen and oxygen atoms in total. The molecule has 0 aromatic heterocycles. The number of ether oxygens (including phenoxy) is 3. The standard InChI is InChI=1S/C32H40F12O5/c1-3-47-24-15-14-23(19-8-4-5-9-20(19)24)28(31(39,40)41,32(42,43)44)48-16-17(2)26(45)49-25-13-7-10-18-21(25)11-6-12-22(18)27(46,29(33,34)35)30(36,37)38/h3,18-25,46H,1-2,4-16H2. The Morgan fingerprint density at radius 1 is 0.633 bits per heavy atom. The molecular weight excluding hydrogens is 692 g/mol. The van der Waals surface area contributed by atoms with Gasteiger partial charge in [-0.25, -0.2) is 4.79 Å². The average molecular weight is 733 g/mol. The van der Waals surface area contributed by atoms with Crippen LogP contribution in [0, 0.1) is 35.5 Å². The topological polar surface area (TPSA) is 65.0 Å². The zero-order valence-electron chi connectivity index (χ0n) is 26.4. The van der Waals surface area contributed by atoms with Gasteiger partial charge in [-0.2, -0.15) is 52.7 Å². The third-order valence-corrected chi connectivity index (χ3v) is 11.3. The van der Waals surface area contributed by atoms with Crippen molar-refractivity contribution in [3.05, 3.63) is 25.0 Å². The van der Waals surface area contributed by atoms with E-state index in [-0.39, 0.29) is 44.9 Å². The van der Waals surface area contributed by atoms with Crippen LogP contribution in [0.4, 0.5) is 52.7 Å². The number of esters is 1. The number of fused-ring (bicyclic) bond motifs is 2. The van der Waals surface area contributed by atoms with Gasteiger partial charge in [0.05, 0.1) is 18.4 Å². The SMILES string of the molecule is C=COC1CCC(C(OCC(=C)C(=O)OC2CCCC3C2CCCC3C(O)(C(F)(F)F)C(F)(F)F)(C(F)(F)F)C(F)(F)F)C2CCCCC12. The average Bonchev–Trinajstić information content (AvgIpc) is 2.99. The molecule has 282 valence electrons. The van der Waals surface area contributed by atoms with E-state index < -0.39 is 115 Å². The van der Waals surface area contributed by atoms with Crippen molar-refractivity contribution in [2.75, 3.05) is 6.61 Å². The first-order valence-electron chi connectivity index (χ1n) is 16.3. The molecule has 17 heteroatoms. The van der Waals surface area contributed by atoms with Crippen LogP contribution in [0.15, 0.2) is 25.0 Å². The van der Waals surface area contributed by atoms with Gasteiger partial charge in [0, 0.05) is 11.8 Å². The monoisotopic (exact) mass is 732 g/mol. The highest BCUT2D eigenvalue weighted by Gasteiger charge is 2.78. The zero-order valence-corrected chi connectivity index (χ0v) is 26.4. The fraction of sp³-hybridized carbons (Fsp3) is 0.844. The van der Waals surface area contributed by atoms with Gasteiger partial charge < -0.3 is 19.3 Å². The van der Waals surface area contributed by atoms with Crippen LogP contribution in [0.25, 0.3) is 0 Å². The minimum Gasteiger partial charge on any atom is -0.498 e. The molecule has 1 N–H and O–H groups in total. The lowest BCUT2D eigenvalue weighted by atomic mass is 9.59. The molecule has 4 saturated carbocycles. The molecule has 4 fully saturated rings. The first-order valence-corrected chi connectivity index (χ1v) is 16.3. The fourth-order valence-corrected chi connectivity index (χ4v) is 9.24. The Labute approximate surface area is 275 Å². The fourth-order valence-electron chi connectivity index (χ4n) is 9.24. The van der Waals surface area contributed by atoms with Crippen LogP contribution in [-0.2, 0) is 19.0 Å². The summed E-state index contributed by atoms with van der Waals surface area (Å²) in [7, 11) is 0. The lowest BCUT2D eigenvalue weighted by molar-refractivity contribution is -0.405. The lowest BCUT2D eigenvalue weighted by Gasteiger charge is -2.52. The quantitative estimate of drug-likeness (QED) is 0.111. The van der Waals surface area contributed by atoms with Gasteiger partial charge in [0.1, 0.15) is 12.2 Å². The maximum atomic E-state index is 14.8. The van der Waals surface area contributed by atoms with Crippen molar-refractivity contribution >= 4 is 5.97 Å². The van der Waals surface area contributed by atoms with E-state index in [0.29, 0.717) is 19.3 Å². The molecule has 0 saturated heterocycles. The van der Waals surface area contributed by atoms with E-state index >= 15 is 0 Å². The predicted molar refractivity (Wildman–Crippen MR) is 148 cm³/mol. The van der Waals surface area contributed by atoms with Gasteiger partial charge in [0.25, 0.3) is 11.2 Å². The summed E-state index contributed by atoms with van der Waals surface area (Å²) in [6, 6.07) is 0. The molecule has 0 heterocycles. The van der Waals surface area contributed by atoms with Crippen molar-refractivity contribution in [1.29, 1.82) is 0 Å². The Morgan fingerprint density at radius 2 is 1.12 bits per heavy atom. The number of carbonyl (C=O) groups is 1. The summed E-state index contributed by atoms with van der Waals surface area (Å²) in [6.07, 6.45) is -25.4. The van der Waals surface area contributed by atoms with Crippen LogP contribution in [0.5, 0.6) is 0 Å². The first kappa shape index (κ1) is 39.6. The molecule has 0 spiro atoms. The highest BCUT2D eigenvalue weighted by atomic mass is 19.4. The van der Waals surface area contributed by atoms with E-state index in [1.165, 1.54) is 0 Å². The van der Waals surface area contributed by atoms with E-state index in [2.05, 4.69) is 13.2 Å². The first-order chi connectivity index (χ1) is 22.5. The van der Waals surface area contributed by atoms with E-state index in [0.717, 1.165) is 6.26 Å². The van der Waals surface area contributed by atoms with Gasteiger partial charge in [0.15, 0.2) is 0 Å². The summed E-state index contributed by atoms with van der Waals surface area (Å²) in [5.41, 5.74) is -10.7. The smallest absolute Gasteiger partial charge is 0.426 e. The van der Waals surface area contributed by atoms with E-state index in [1.807, 2.05) is 0 Å². The Bertz CT molecular complexity index is 1160. The third-order valence-electron chi connectivity index (χ3n) is 11.3. The second-order valence-electron chi connectivity index (χ2n) is 13.8. The minimum atomic E-state index is -6.08. The largest absolute Gasteiger partial charge is 0.498 e. The van der Waals surface area contributed by atoms with Crippen LogP contribution in [0.1, 0.15) is 77.0 Å². The molecule has 8 atom stereocenters.